The molecule has 3 nitrogen and oxygen atoms in total. The van der Waals surface area contributed by atoms with Crippen LogP contribution in [0.15, 0.2) is 22.7 Å². The maximum atomic E-state index is 11.6. The van der Waals surface area contributed by atoms with Gasteiger partial charge in [-0.1, -0.05) is 22.9 Å². The monoisotopic (exact) mass is 282 g/mol. The fourth-order valence-electron chi connectivity index (χ4n) is 1.89. The van der Waals surface area contributed by atoms with Crippen LogP contribution < -0.4 is 10.2 Å². The number of nitrogens with zero attached hydrogens (tertiary/aromatic N) is 1. The number of carbonyl (C=O) groups excluding carboxylic acids is 1. The van der Waals surface area contributed by atoms with Crippen LogP contribution in [0.3, 0.4) is 0 Å². The molecule has 0 saturated carbocycles. The van der Waals surface area contributed by atoms with E-state index in [2.05, 4.69) is 46.1 Å². The molecule has 0 aromatic heterocycles. The van der Waals surface area contributed by atoms with E-state index in [9.17, 15) is 4.79 Å². The standard InChI is InChI=1S/C12H15BrN2O/c1-3-8(2)15-7-12(16)14-10-5-4-9(13)6-11(10)15/h4-6,8H,3,7H2,1-2H3,(H,14,16). The Bertz CT molecular complexity index is 419. The fourth-order valence-corrected chi connectivity index (χ4v) is 2.24. The Morgan fingerprint density at radius 1 is 1.56 bits per heavy atom. The first kappa shape index (κ1) is 11.5. The number of anilines is 2. The molecule has 1 aromatic carbocycles. The number of rotatable bonds is 2. The quantitative estimate of drug-likeness (QED) is 0.905. The molecule has 4 heteroatoms. The van der Waals surface area contributed by atoms with E-state index in [1.807, 2.05) is 12.1 Å². The van der Waals surface area contributed by atoms with Gasteiger partial charge in [0, 0.05) is 10.5 Å². The molecule has 1 amide bonds. The number of hydrogen-bond donors (Lipinski definition) is 1. The van der Waals surface area contributed by atoms with Gasteiger partial charge in [-0.2, -0.15) is 0 Å². The minimum absolute atomic E-state index is 0.0649. The highest BCUT2D eigenvalue weighted by Gasteiger charge is 2.24. The molecule has 1 heterocycles. The van der Waals surface area contributed by atoms with Crippen LogP contribution >= 0.6 is 15.9 Å². The van der Waals surface area contributed by atoms with Crippen LogP contribution in [-0.2, 0) is 4.79 Å². The first-order valence-electron chi connectivity index (χ1n) is 5.48. The molecule has 0 radical (unpaired) electrons. The van der Waals surface area contributed by atoms with Crippen molar-refractivity contribution >= 4 is 33.2 Å². The summed E-state index contributed by atoms with van der Waals surface area (Å²) >= 11 is 3.46. The Balaban J connectivity index is 2.43. The molecule has 0 saturated heterocycles. The van der Waals surface area contributed by atoms with E-state index in [1.54, 1.807) is 0 Å². The topological polar surface area (TPSA) is 32.3 Å². The molecule has 2 rings (SSSR count). The van der Waals surface area contributed by atoms with Gasteiger partial charge >= 0.3 is 0 Å². The van der Waals surface area contributed by atoms with Gasteiger partial charge in [-0.3, -0.25) is 4.79 Å². The van der Waals surface area contributed by atoms with E-state index in [-0.39, 0.29) is 5.91 Å². The van der Waals surface area contributed by atoms with Crippen molar-refractivity contribution in [2.24, 2.45) is 0 Å². The van der Waals surface area contributed by atoms with Gasteiger partial charge in [-0.15, -0.1) is 0 Å². The predicted molar refractivity (Wildman–Crippen MR) is 69.9 cm³/mol. The summed E-state index contributed by atoms with van der Waals surface area (Å²) in [6.45, 7) is 4.72. The van der Waals surface area contributed by atoms with E-state index < -0.39 is 0 Å². The lowest BCUT2D eigenvalue weighted by molar-refractivity contribution is -0.115. The number of hydrogen-bond acceptors (Lipinski definition) is 2. The minimum Gasteiger partial charge on any atom is -0.358 e. The molecule has 0 fully saturated rings. The fraction of sp³-hybridized carbons (Fsp3) is 0.417. The van der Waals surface area contributed by atoms with Gasteiger partial charge in [0.25, 0.3) is 0 Å². The third kappa shape index (κ3) is 2.07. The lowest BCUT2D eigenvalue weighted by Gasteiger charge is -2.35. The smallest absolute Gasteiger partial charge is 0.243 e. The summed E-state index contributed by atoms with van der Waals surface area (Å²) in [4.78, 5) is 13.7. The molecule has 86 valence electrons. The second-order valence-electron chi connectivity index (χ2n) is 4.09. The molecule has 1 N–H and O–H groups in total. The number of nitrogens with one attached hydrogen (secondary N) is 1. The summed E-state index contributed by atoms with van der Waals surface area (Å²) in [7, 11) is 0. The number of benzene rings is 1. The second-order valence-corrected chi connectivity index (χ2v) is 5.01. The van der Waals surface area contributed by atoms with Crippen LogP contribution in [0.25, 0.3) is 0 Å². The Hall–Kier alpha value is -1.03. The molecule has 0 aliphatic carbocycles. The summed E-state index contributed by atoms with van der Waals surface area (Å²) in [6.07, 6.45) is 1.03. The number of carbonyl (C=O) groups is 1. The Morgan fingerprint density at radius 3 is 3.00 bits per heavy atom. The zero-order valence-electron chi connectivity index (χ0n) is 9.46. The highest BCUT2D eigenvalue weighted by Crippen LogP contribution is 2.33. The lowest BCUT2D eigenvalue weighted by atomic mass is 10.1. The van der Waals surface area contributed by atoms with E-state index in [1.165, 1.54) is 0 Å². The summed E-state index contributed by atoms with van der Waals surface area (Å²) < 4.78 is 1.04. The summed E-state index contributed by atoms with van der Waals surface area (Å²) in [6, 6.07) is 6.31. The van der Waals surface area contributed by atoms with Crippen molar-refractivity contribution in [2.45, 2.75) is 26.3 Å². The van der Waals surface area contributed by atoms with Crippen LogP contribution in [0.1, 0.15) is 20.3 Å². The molecule has 0 bridgehead atoms. The Morgan fingerprint density at radius 2 is 2.31 bits per heavy atom. The summed E-state index contributed by atoms with van der Waals surface area (Å²) in [5.74, 6) is 0.0649. The first-order chi connectivity index (χ1) is 7.61. The molecule has 1 aliphatic rings. The first-order valence-corrected chi connectivity index (χ1v) is 6.27. The predicted octanol–water partition coefficient (Wildman–Crippen LogP) is 3.01. The molecule has 1 unspecified atom stereocenters. The highest BCUT2D eigenvalue weighted by atomic mass is 79.9. The van der Waals surface area contributed by atoms with Gasteiger partial charge in [0.05, 0.1) is 17.9 Å². The lowest BCUT2D eigenvalue weighted by Crippen LogP contribution is -2.43. The molecular weight excluding hydrogens is 268 g/mol. The highest BCUT2D eigenvalue weighted by molar-refractivity contribution is 9.10. The van der Waals surface area contributed by atoms with Crippen LogP contribution in [0, 0.1) is 0 Å². The average molecular weight is 283 g/mol. The van der Waals surface area contributed by atoms with Crippen LogP contribution in [0.4, 0.5) is 11.4 Å². The zero-order valence-corrected chi connectivity index (χ0v) is 11.0. The maximum Gasteiger partial charge on any atom is 0.243 e. The molecule has 0 spiro atoms. The van der Waals surface area contributed by atoms with Crippen LogP contribution in [-0.4, -0.2) is 18.5 Å². The molecule has 1 aromatic rings. The van der Waals surface area contributed by atoms with Gasteiger partial charge < -0.3 is 10.2 Å². The summed E-state index contributed by atoms with van der Waals surface area (Å²) in [5.41, 5.74) is 2.00. The van der Waals surface area contributed by atoms with Crippen molar-refractivity contribution in [3.05, 3.63) is 22.7 Å². The van der Waals surface area contributed by atoms with E-state index in [0.717, 1.165) is 22.3 Å². The average Bonchev–Trinajstić information content (AvgIpc) is 2.27. The molecular formula is C12H15BrN2O. The minimum atomic E-state index is 0.0649. The number of amides is 1. The normalized spacial score (nSPS) is 16.7. The van der Waals surface area contributed by atoms with Gasteiger partial charge in [0.1, 0.15) is 0 Å². The maximum absolute atomic E-state index is 11.6. The van der Waals surface area contributed by atoms with Crippen molar-refractivity contribution in [1.82, 2.24) is 0 Å². The SMILES string of the molecule is CCC(C)N1CC(=O)Nc2ccc(Br)cc21. The summed E-state index contributed by atoms with van der Waals surface area (Å²) in [5, 5.41) is 2.89. The van der Waals surface area contributed by atoms with Gasteiger partial charge in [0.2, 0.25) is 5.91 Å². The Labute approximate surface area is 104 Å². The number of fused-ring (bicyclic) bond motifs is 1. The molecule has 1 aliphatic heterocycles. The Kier molecular flexibility index (Phi) is 3.19. The van der Waals surface area contributed by atoms with E-state index in [4.69, 9.17) is 0 Å². The zero-order chi connectivity index (χ0) is 11.7. The van der Waals surface area contributed by atoms with Gasteiger partial charge in [0.15, 0.2) is 0 Å². The van der Waals surface area contributed by atoms with Crippen molar-refractivity contribution < 1.29 is 4.79 Å². The third-order valence-corrected chi connectivity index (χ3v) is 3.47. The van der Waals surface area contributed by atoms with Gasteiger partial charge in [-0.25, -0.2) is 0 Å². The molecule has 1 atom stereocenters. The van der Waals surface area contributed by atoms with Crippen LogP contribution in [0.5, 0.6) is 0 Å². The van der Waals surface area contributed by atoms with Crippen molar-refractivity contribution in [2.75, 3.05) is 16.8 Å². The van der Waals surface area contributed by atoms with Crippen molar-refractivity contribution in [3.63, 3.8) is 0 Å². The van der Waals surface area contributed by atoms with Gasteiger partial charge in [-0.05, 0) is 31.5 Å². The van der Waals surface area contributed by atoms with E-state index in [0.29, 0.717) is 12.6 Å². The van der Waals surface area contributed by atoms with E-state index >= 15 is 0 Å². The largest absolute Gasteiger partial charge is 0.358 e. The number of halogens is 1. The van der Waals surface area contributed by atoms with Crippen LogP contribution in [0.2, 0.25) is 0 Å². The molecule has 16 heavy (non-hydrogen) atoms. The van der Waals surface area contributed by atoms with Crippen molar-refractivity contribution in [3.8, 4) is 0 Å². The van der Waals surface area contributed by atoms with Crippen molar-refractivity contribution in [1.29, 1.82) is 0 Å². The third-order valence-electron chi connectivity index (χ3n) is 2.98. The second kappa shape index (κ2) is 4.45.